The van der Waals surface area contributed by atoms with E-state index < -0.39 is 133 Å². The Hall–Kier alpha value is -3.54. The first-order valence-electron chi connectivity index (χ1n) is 20.1. The first-order chi connectivity index (χ1) is 27.5. The number of aliphatic hydroxyl groups is 4. The Kier molecular flexibility index (Phi) is 17.4. The Morgan fingerprint density at radius 1 is 0.617 bits per heavy atom. The van der Waals surface area contributed by atoms with Crippen molar-refractivity contribution >= 4 is 24.4 Å². The minimum absolute atomic E-state index is 0.00689. The van der Waals surface area contributed by atoms with Crippen LogP contribution >= 0.6 is 0 Å². The van der Waals surface area contributed by atoms with Crippen LogP contribution in [-0.2, 0) is 37.9 Å². The lowest BCUT2D eigenvalue weighted by Gasteiger charge is -2.49. The van der Waals surface area contributed by atoms with Crippen LogP contribution in [0.1, 0.15) is 89.5 Å². The molecule has 60 heavy (non-hydrogen) atoms. The highest BCUT2D eigenvalue weighted by Crippen LogP contribution is 2.32. The topological polar surface area (TPSA) is 283 Å². The van der Waals surface area contributed by atoms with Gasteiger partial charge in [0.15, 0.2) is 12.6 Å². The Balaban J connectivity index is 1.99. The first-order valence-corrected chi connectivity index (χ1v) is 20.1. The van der Waals surface area contributed by atoms with Crippen molar-refractivity contribution in [1.29, 1.82) is 0 Å². The summed E-state index contributed by atoms with van der Waals surface area (Å²) < 4.78 is 46.4. The quantitative estimate of drug-likeness (QED) is 0.104. The van der Waals surface area contributed by atoms with Crippen LogP contribution in [0.5, 0.6) is 0 Å². The van der Waals surface area contributed by atoms with E-state index in [1.807, 2.05) is 0 Å². The number of alkyl carbamates (subject to hydrolysis) is 4. The molecule has 1 aliphatic carbocycles. The minimum atomic E-state index is -1.76. The lowest BCUT2D eigenvalue weighted by molar-refractivity contribution is -0.314. The summed E-state index contributed by atoms with van der Waals surface area (Å²) in [4.78, 5) is 51.5. The van der Waals surface area contributed by atoms with Crippen molar-refractivity contribution in [2.24, 2.45) is 0 Å². The molecular weight excluding hydrogens is 794 g/mol. The largest absolute Gasteiger partial charge is 0.444 e. The van der Waals surface area contributed by atoms with E-state index in [2.05, 4.69) is 26.6 Å². The van der Waals surface area contributed by atoms with Gasteiger partial charge >= 0.3 is 24.4 Å². The van der Waals surface area contributed by atoms with Crippen molar-refractivity contribution in [3.05, 3.63) is 12.2 Å². The molecule has 0 aromatic heterocycles. The van der Waals surface area contributed by atoms with E-state index in [-0.39, 0.29) is 13.0 Å². The van der Waals surface area contributed by atoms with Crippen molar-refractivity contribution in [3.8, 4) is 0 Å². The standard InChI is InChI=1S/C39H69N5O16/c1-36(2,3)57-32(49)41-17-19-14-15-20(42-33(50)58-37(4,5)6)30(53-19)55-29-22(43-34(51)59-38(7,8)9)16-21(40-13)28(27(29)48)56-31-26(47)24(25(46)23(18-45)54-31)44-35(52)60-39(10,11)12/h14-15,19-31,40,45-48H,16-18H2,1-13H3,(H,41,49)(H,42,50)(H,43,51)(H,44,52). The van der Waals surface area contributed by atoms with E-state index in [0.29, 0.717) is 0 Å². The molecule has 0 bridgehead atoms. The average molecular weight is 864 g/mol. The van der Waals surface area contributed by atoms with Gasteiger partial charge in [-0.25, -0.2) is 19.2 Å². The molecule has 1 saturated heterocycles. The molecule has 0 radical (unpaired) electrons. The van der Waals surface area contributed by atoms with Crippen molar-refractivity contribution in [3.63, 3.8) is 0 Å². The number of likely N-dealkylation sites (N-methyl/N-ethyl adjacent to an activating group) is 1. The van der Waals surface area contributed by atoms with Crippen molar-refractivity contribution in [2.75, 3.05) is 20.2 Å². The third-order valence-electron chi connectivity index (χ3n) is 8.86. The predicted octanol–water partition coefficient (Wildman–Crippen LogP) is 1.03. The summed E-state index contributed by atoms with van der Waals surface area (Å²) >= 11 is 0. The summed E-state index contributed by atoms with van der Waals surface area (Å²) in [5.74, 6) is 0. The van der Waals surface area contributed by atoms with E-state index in [1.165, 1.54) is 0 Å². The number of aliphatic hydroxyl groups excluding tert-OH is 4. The number of carbonyl (C=O) groups excluding carboxylic acids is 4. The van der Waals surface area contributed by atoms with E-state index in [9.17, 15) is 39.6 Å². The maximum atomic E-state index is 13.2. The summed E-state index contributed by atoms with van der Waals surface area (Å²) in [7, 11) is 1.57. The fourth-order valence-electron chi connectivity index (χ4n) is 6.49. The highest BCUT2D eigenvalue weighted by Gasteiger charge is 2.53. The van der Waals surface area contributed by atoms with Crippen LogP contribution < -0.4 is 26.6 Å². The highest BCUT2D eigenvalue weighted by atomic mass is 16.7. The number of amides is 4. The molecule has 0 spiro atoms. The monoisotopic (exact) mass is 863 g/mol. The van der Waals surface area contributed by atoms with Crippen LogP contribution in [0.25, 0.3) is 0 Å². The SMILES string of the molecule is CNC1CC(NC(=O)OC(C)(C)C)C(OC2OC(CNC(=O)OC(C)(C)C)C=CC2NC(=O)OC(C)(C)C)C(O)C1OC1OC(CO)C(O)C(NC(=O)OC(C)(C)C)C1O. The molecule has 21 nitrogen and oxygen atoms in total. The van der Waals surface area contributed by atoms with Gasteiger partial charge in [-0.2, -0.15) is 0 Å². The number of carbonyl (C=O) groups is 4. The lowest BCUT2D eigenvalue weighted by atomic mass is 9.83. The Morgan fingerprint density at radius 3 is 1.62 bits per heavy atom. The molecule has 0 aromatic carbocycles. The predicted molar refractivity (Wildman–Crippen MR) is 212 cm³/mol. The molecule has 13 atom stereocenters. The van der Waals surface area contributed by atoms with Crippen LogP contribution in [0.15, 0.2) is 12.2 Å². The van der Waals surface area contributed by atoms with Crippen LogP contribution in [0, 0.1) is 0 Å². The molecule has 0 aromatic rings. The minimum Gasteiger partial charge on any atom is -0.444 e. The van der Waals surface area contributed by atoms with Crippen molar-refractivity contribution in [1.82, 2.24) is 26.6 Å². The zero-order valence-electron chi connectivity index (χ0n) is 37.0. The van der Waals surface area contributed by atoms with Gasteiger partial charge in [0.25, 0.3) is 0 Å². The summed E-state index contributed by atoms with van der Waals surface area (Å²) in [6, 6.07) is -4.30. The number of hydrogen-bond donors (Lipinski definition) is 9. The zero-order valence-corrected chi connectivity index (χ0v) is 37.0. The van der Waals surface area contributed by atoms with E-state index >= 15 is 0 Å². The highest BCUT2D eigenvalue weighted by molar-refractivity contribution is 5.69. The normalized spacial score (nSPS) is 32.6. The molecular formula is C39H69N5O16. The smallest absolute Gasteiger partial charge is 0.408 e. The van der Waals surface area contributed by atoms with Crippen LogP contribution in [0.4, 0.5) is 19.2 Å². The second-order valence-electron chi connectivity index (χ2n) is 18.9. The van der Waals surface area contributed by atoms with Gasteiger partial charge in [0, 0.05) is 6.04 Å². The molecule has 3 aliphatic rings. The number of rotatable bonds is 11. The van der Waals surface area contributed by atoms with E-state index in [4.69, 9.17) is 37.9 Å². The molecule has 2 fully saturated rings. The van der Waals surface area contributed by atoms with Gasteiger partial charge < -0.3 is 84.9 Å². The van der Waals surface area contributed by atoms with Gasteiger partial charge in [-0.15, -0.1) is 0 Å². The van der Waals surface area contributed by atoms with Crippen LogP contribution in [0.3, 0.4) is 0 Å². The van der Waals surface area contributed by atoms with E-state index in [0.717, 1.165) is 0 Å². The first kappa shape index (κ1) is 50.8. The second-order valence-corrected chi connectivity index (χ2v) is 18.9. The summed E-state index contributed by atoms with van der Waals surface area (Å²) in [5.41, 5.74) is -3.46. The second kappa shape index (κ2) is 20.6. The Morgan fingerprint density at radius 2 is 1.10 bits per heavy atom. The maximum Gasteiger partial charge on any atom is 0.408 e. The zero-order chi connectivity index (χ0) is 45.5. The molecule has 2 heterocycles. The van der Waals surface area contributed by atoms with Crippen molar-refractivity contribution < 1.29 is 77.5 Å². The summed E-state index contributed by atoms with van der Waals surface area (Å²) in [5, 5.41) is 58.2. The molecule has 2 aliphatic heterocycles. The molecule has 3 rings (SSSR count). The number of ether oxygens (including phenoxy) is 8. The molecule has 9 N–H and O–H groups in total. The maximum absolute atomic E-state index is 13.2. The Labute approximate surface area is 351 Å². The third kappa shape index (κ3) is 16.1. The molecule has 346 valence electrons. The fraction of sp³-hybridized carbons (Fsp3) is 0.846. The van der Waals surface area contributed by atoms with E-state index in [1.54, 1.807) is 102 Å². The van der Waals surface area contributed by atoms with Crippen LogP contribution in [-0.4, -0.2) is 167 Å². The molecule has 1 saturated carbocycles. The van der Waals surface area contributed by atoms with Crippen molar-refractivity contribution in [2.45, 2.75) is 191 Å². The summed E-state index contributed by atoms with van der Waals surface area (Å²) in [6.45, 7) is 19.3. The van der Waals surface area contributed by atoms with Gasteiger partial charge in [-0.1, -0.05) is 12.2 Å². The number of hydrogen-bond acceptors (Lipinski definition) is 17. The Bertz CT molecular complexity index is 1470. The molecule has 13 unspecified atom stereocenters. The third-order valence-corrected chi connectivity index (χ3v) is 8.86. The van der Waals surface area contributed by atoms with Gasteiger partial charge in [0.2, 0.25) is 0 Å². The molecule has 4 amide bonds. The summed E-state index contributed by atoms with van der Waals surface area (Å²) in [6.07, 6.45) is -13.2. The van der Waals surface area contributed by atoms with Gasteiger partial charge in [0.1, 0.15) is 65.1 Å². The fourth-order valence-corrected chi connectivity index (χ4v) is 6.49. The van der Waals surface area contributed by atoms with Crippen LogP contribution in [0.2, 0.25) is 0 Å². The van der Waals surface area contributed by atoms with Gasteiger partial charge in [0.05, 0.1) is 31.3 Å². The molecule has 21 heteroatoms. The average Bonchev–Trinajstić information content (AvgIpc) is 3.07. The lowest BCUT2D eigenvalue weighted by Crippen LogP contribution is -2.69. The van der Waals surface area contributed by atoms with Gasteiger partial charge in [-0.3, -0.25) is 0 Å². The number of nitrogens with one attached hydrogen (secondary N) is 5. The van der Waals surface area contributed by atoms with Gasteiger partial charge in [-0.05, 0) is 96.6 Å².